The van der Waals surface area contributed by atoms with Crippen LogP contribution in [0.25, 0.3) is 5.69 Å². The van der Waals surface area contributed by atoms with Gasteiger partial charge in [0, 0.05) is 17.5 Å². The third kappa shape index (κ3) is 3.89. The van der Waals surface area contributed by atoms with E-state index in [0.717, 1.165) is 28.2 Å². The average molecular weight is 389 g/mol. The number of hydrogen-bond acceptors (Lipinski definition) is 3. The molecule has 2 aromatic heterocycles. The van der Waals surface area contributed by atoms with Crippen molar-refractivity contribution in [2.45, 2.75) is 27.2 Å². The first-order chi connectivity index (χ1) is 12.3. The van der Waals surface area contributed by atoms with Crippen molar-refractivity contribution in [1.29, 1.82) is 0 Å². The Labute approximate surface area is 162 Å². The molecule has 0 fully saturated rings. The van der Waals surface area contributed by atoms with Crippen LogP contribution in [0, 0.1) is 20.8 Å². The molecule has 3 rings (SSSR count). The molecule has 1 amide bonds. The molecule has 0 atom stereocenters. The van der Waals surface area contributed by atoms with Gasteiger partial charge in [-0.1, -0.05) is 23.2 Å². The number of nitrogens with one attached hydrogen (secondary N) is 1. The number of nitrogens with zero attached hydrogens (tertiary/aromatic N) is 3. The third-order valence-corrected chi connectivity index (χ3v) is 4.85. The highest BCUT2D eigenvalue weighted by Crippen LogP contribution is 2.26. The molecule has 2 heterocycles. The molecule has 0 aliphatic rings. The zero-order chi connectivity index (χ0) is 18.8. The van der Waals surface area contributed by atoms with Crippen LogP contribution in [0.2, 0.25) is 10.0 Å². The number of aromatic nitrogens is 3. The lowest BCUT2D eigenvalue weighted by Gasteiger charge is -2.08. The Morgan fingerprint density at radius 2 is 1.88 bits per heavy atom. The average Bonchev–Trinajstić information content (AvgIpc) is 2.85. The number of amides is 1. The number of carbonyl (C=O) groups excluding carboxylic acids is 1. The SMILES string of the molecule is Cc1ccnc(NC(=O)Cc2c(C)nn(-c3ccc(Cl)c(Cl)c3)c2C)c1. The second-order valence-electron chi connectivity index (χ2n) is 6.10. The lowest BCUT2D eigenvalue weighted by Crippen LogP contribution is -2.16. The third-order valence-electron chi connectivity index (χ3n) is 4.11. The minimum atomic E-state index is -0.136. The van der Waals surface area contributed by atoms with Crippen molar-refractivity contribution in [2.24, 2.45) is 0 Å². The highest BCUT2D eigenvalue weighted by Gasteiger charge is 2.17. The Kier molecular flexibility index (Phi) is 5.30. The Balaban J connectivity index is 1.83. The number of halogens is 2. The molecule has 0 saturated heterocycles. The van der Waals surface area contributed by atoms with Crippen molar-refractivity contribution in [3.63, 3.8) is 0 Å². The second kappa shape index (κ2) is 7.48. The Hall–Kier alpha value is -2.37. The summed E-state index contributed by atoms with van der Waals surface area (Å²) in [6.07, 6.45) is 1.89. The number of hydrogen-bond donors (Lipinski definition) is 1. The number of pyridine rings is 1. The van der Waals surface area contributed by atoms with Crippen LogP contribution in [0.15, 0.2) is 36.5 Å². The van der Waals surface area contributed by atoms with E-state index in [-0.39, 0.29) is 12.3 Å². The van der Waals surface area contributed by atoms with Crippen LogP contribution in [0.4, 0.5) is 5.82 Å². The van der Waals surface area contributed by atoms with E-state index in [9.17, 15) is 4.79 Å². The highest BCUT2D eigenvalue weighted by molar-refractivity contribution is 6.42. The minimum Gasteiger partial charge on any atom is -0.310 e. The van der Waals surface area contributed by atoms with Crippen molar-refractivity contribution < 1.29 is 4.79 Å². The molecule has 0 aliphatic carbocycles. The van der Waals surface area contributed by atoms with Gasteiger partial charge in [-0.05, 0) is 56.7 Å². The quantitative estimate of drug-likeness (QED) is 0.705. The summed E-state index contributed by atoms with van der Waals surface area (Å²) in [6, 6.07) is 9.03. The van der Waals surface area contributed by atoms with E-state index in [1.165, 1.54) is 0 Å². The molecule has 0 aliphatic heterocycles. The lowest BCUT2D eigenvalue weighted by atomic mass is 10.1. The van der Waals surface area contributed by atoms with Crippen LogP contribution in [-0.2, 0) is 11.2 Å². The summed E-state index contributed by atoms with van der Waals surface area (Å²) in [5.41, 5.74) is 4.39. The molecule has 0 radical (unpaired) electrons. The van der Waals surface area contributed by atoms with Gasteiger partial charge in [-0.15, -0.1) is 0 Å². The van der Waals surface area contributed by atoms with Gasteiger partial charge in [0.15, 0.2) is 0 Å². The van der Waals surface area contributed by atoms with Gasteiger partial charge in [-0.25, -0.2) is 9.67 Å². The van der Waals surface area contributed by atoms with E-state index in [4.69, 9.17) is 23.2 Å². The summed E-state index contributed by atoms with van der Waals surface area (Å²) in [5, 5.41) is 8.32. The van der Waals surface area contributed by atoms with E-state index < -0.39 is 0 Å². The van der Waals surface area contributed by atoms with Gasteiger partial charge in [0.05, 0.1) is 27.8 Å². The Morgan fingerprint density at radius 1 is 1.12 bits per heavy atom. The molecule has 1 N–H and O–H groups in total. The fourth-order valence-corrected chi connectivity index (χ4v) is 3.04. The van der Waals surface area contributed by atoms with Crippen LogP contribution in [0.3, 0.4) is 0 Å². The Bertz CT molecular complexity index is 982. The van der Waals surface area contributed by atoms with Crippen LogP contribution >= 0.6 is 23.2 Å². The second-order valence-corrected chi connectivity index (χ2v) is 6.92. The molecule has 0 bridgehead atoms. The van der Waals surface area contributed by atoms with E-state index in [1.807, 2.05) is 39.0 Å². The fourth-order valence-electron chi connectivity index (χ4n) is 2.75. The maximum absolute atomic E-state index is 12.4. The van der Waals surface area contributed by atoms with Gasteiger partial charge in [0.25, 0.3) is 0 Å². The Morgan fingerprint density at radius 3 is 2.58 bits per heavy atom. The summed E-state index contributed by atoms with van der Waals surface area (Å²) in [6.45, 7) is 5.76. The zero-order valence-electron chi connectivity index (χ0n) is 14.7. The highest BCUT2D eigenvalue weighted by atomic mass is 35.5. The van der Waals surface area contributed by atoms with Crippen LogP contribution in [0.5, 0.6) is 0 Å². The summed E-state index contributed by atoms with van der Waals surface area (Å²) >= 11 is 12.1. The maximum atomic E-state index is 12.4. The summed E-state index contributed by atoms with van der Waals surface area (Å²) in [5.74, 6) is 0.408. The molecular weight excluding hydrogens is 371 g/mol. The van der Waals surface area contributed by atoms with Gasteiger partial charge in [0.2, 0.25) is 5.91 Å². The molecule has 1 aromatic carbocycles. The zero-order valence-corrected chi connectivity index (χ0v) is 16.2. The molecule has 0 saturated carbocycles. The number of rotatable bonds is 4. The molecule has 134 valence electrons. The maximum Gasteiger partial charge on any atom is 0.230 e. The molecule has 3 aromatic rings. The lowest BCUT2D eigenvalue weighted by molar-refractivity contribution is -0.115. The van der Waals surface area contributed by atoms with E-state index in [0.29, 0.717) is 15.9 Å². The molecular formula is C19H18Cl2N4O. The first-order valence-electron chi connectivity index (χ1n) is 8.08. The van der Waals surface area contributed by atoms with E-state index in [1.54, 1.807) is 23.0 Å². The first-order valence-corrected chi connectivity index (χ1v) is 8.84. The van der Waals surface area contributed by atoms with Crippen molar-refractivity contribution in [3.8, 4) is 5.69 Å². The van der Waals surface area contributed by atoms with Crippen molar-refractivity contribution >= 4 is 34.9 Å². The van der Waals surface area contributed by atoms with Gasteiger partial charge in [0.1, 0.15) is 5.82 Å². The van der Waals surface area contributed by atoms with Crippen molar-refractivity contribution in [2.75, 3.05) is 5.32 Å². The standard InChI is InChI=1S/C19H18Cl2N4O/c1-11-6-7-22-18(8-11)23-19(26)10-15-12(2)24-25(13(15)3)14-4-5-16(20)17(21)9-14/h4-9H,10H2,1-3H3,(H,22,23,26). The number of carbonyl (C=O) groups is 1. The first kappa shape index (κ1) is 18.4. The predicted octanol–water partition coefficient (Wildman–Crippen LogP) is 4.68. The van der Waals surface area contributed by atoms with Gasteiger partial charge >= 0.3 is 0 Å². The van der Waals surface area contributed by atoms with E-state index >= 15 is 0 Å². The largest absolute Gasteiger partial charge is 0.310 e. The van der Waals surface area contributed by atoms with Crippen LogP contribution < -0.4 is 5.32 Å². The smallest absolute Gasteiger partial charge is 0.230 e. The summed E-state index contributed by atoms with van der Waals surface area (Å²) in [7, 11) is 0. The minimum absolute atomic E-state index is 0.136. The van der Waals surface area contributed by atoms with Gasteiger partial charge in [-0.3, -0.25) is 4.79 Å². The molecule has 5 nitrogen and oxygen atoms in total. The molecule has 0 spiro atoms. The predicted molar refractivity (Wildman–Crippen MR) is 104 cm³/mol. The van der Waals surface area contributed by atoms with Crippen molar-refractivity contribution in [1.82, 2.24) is 14.8 Å². The van der Waals surface area contributed by atoms with Crippen LogP contribution in [-0.4, -0.2) is 20.7 Å². The van der Waals surface area contributed by atoms with E-state index in [2.05, 4.69) is 15.4 Å². The van der Waals surface area contributed by atoms with Gasteiger partial charge < -0.3 is 5.32 Å². The fraction of sp³-hybridized carbons (Fsp3) is 0.211. The normalized spacial score (nSPS) is 10.8. The molecule has 0 unspecified atom stereocenters. The summed E-state index contributed by atoms with van der Waals surface area (Å²) in [4.78, 5) is 16.6. The number of benzene rings is 1. The molecule has 26 heavy (non-hydrogen) atoms. The number of aryl methyl sites for hydroxylation is 2. The monoisotopic (exact) mass is 388 g/mol. The van der Waals surface area contributed by atoms with Crippen LogP contribution in [0.1, 0.15) is 22.5 Å². The summed E-state index contributed by atoms with van der Waals surface area (Å²) < 4.78 is 1.77. The molecule has 7 heteroatoms. The topological polar surface area (TPSA) is 59.8 Å². The number of anilines is 1. The van der Waals surface area contributed by atoms with Crippen molar-refractivity contribution in [3.05, 3.63) is 69.1 Å². The van der Waals surface area contributed by atoms with Gasteiger partial charge in [-0.2, -0.15) is 5.10 Å².